The summed E-state index contributed by atoms with van der Waals surface area (Å²) in [6, 6.07) is 5.93. The van der Waals surface area contributed by atoms with Gasteiger partial charge in [-0.2, -0.15) is 5.10 Å². The Morgan fingerprint density at radius 2 is 2.17 bits per heavy atom. The second-order valence-electron chi connectivity index (χ2n) is 6.41. The number of rotatable bonds is 4. The zero-order valence-corrected chi connectivity index (χ0v) is 15.9. The molecule has 1 atom stereocenters. The Morgan fingerprint density at radius 3 is 2.79 bits per heavy atom. The number of hydrogen-bond acceptors (Lipinski definition) is 2. The minimum absolute atomic E-state index is 0.116. The predicted molar refractivity (Wildman–Crippen MR) is 99.1 cm³/mol. The fraction of sp³-hybridized carbons (Fsp3) is 0.333. The van der Waals surface area contributed by atoms with Crippen molar-refractivity contribution in [2.75, 3.05) is 0 Å². The Morgan fingerprint density at radius 1 is 1.42 bits per heavy atom. The SMILES string of the molecule is CCC(C)(NC(=O)c1cc2cc(Br)cc(C)c2[nH]1)c1cnn(C)c1. The topological polar surface area (TPSA) is 62.7 Å². The molecule has 6 heteroatoms. The van der Waals surface area contributed by atoms with E-state index in [1.165, 1.54) is 0 Å². The van der Waals surface area contributed by atoms with Gasteiger partial charge < -0.3 is 10.3 Å². The number of fused-ring (bicyclic) bond motifs is 1. The van der Waals surface area contributed by atoms with Crippen LogP contribution in [0.5, 0.6) is 0 Å². The number of H-pyrrole nitrogens is 1. The number of aryl methyl sites for hydroxylation is 2. The lowest BCUT2D eigenvalue weighted by Gasteiger charge is -2.28. The molecule has 0 saturated carbocycles. The molecular formula is C18H21BrN4O. The van der Waals surface area contributed by atoms with Crippen molar-refractivity contribution in [3.63, 3.8) is 0 Å². The van der Waals surface area contributed by atoms with Crippen LogP contribution in [0.25, 0.3) is 10.9 Å². The van der Waals surface area contributed by atoms with Crippen LogP contribution in [0.4, 0.5) is 0 Å². The number of carbonyl (C=O) groups excluding carboxylic acids is 1. The number of carbonyl (C=O) groups is 1. The van der Waals surface area contributed by atoms with Gasteiger partial charge in [0.1, 0.15) is 5.69 Å². The average molecular weight is 389 g/mol. The molecule has 126 valence electrons. The van der Waals surface area contributed by atoms with E-state index in [4.69, 9.17) is 0 Å². The summed E-state index contributed by atoms with van der Waals surface area (Å²) in [6.45, 7) is 6.10. The fourth-order valence-corrected chi connectivity index (χ4v) is 3.48. The van der Waals surface area contributed by atoms with Crippen LogP contribution in [0.1, 0.15) is 41.9 Å². The molecule has 0 aliphatic rings. The van der Waals surface area contributed by atoms with Gasteiger partial charge in [0.05, 0.1) is 11.7 Å². The number of benzene rings is 1. The molecule has 1 aromatic carbocycles. The summed E-state index contributed by atoms with van der Waals surface area (Å²) < 4.78 is 2.76. The largest absolute Gasteiger partial charge is 0.350 e. The predicted octanol–water partition coefficient (Wildman–Crippen LogP) is 4.03. The number of hydrogen-bond donors (Lipinski definition) is 2. The van der Waals surface area contributed by atoms with Gasteiger partial charge >= 0.3 is 0 Å². The van der Waals surface area contributed by atoms with Crippen molar-refractivity contribution in [2.45, 2.75) is 32.7 Å². The molecule has 2 aromatic heterocycles. The highest BCUT2D eigenvalue weighted by Crippen LogP contribution is 2.27. The van der Waals surface area contributed by atoms with Gasteiger partial charge in [-0.15, -0.1) is 0 Å². The highest BCUT2D eigenvalue weighted by Gasteiger charge is 2.29. The quantitative estimate of drug-likeness (QED) is 0.708. The second-order valence-corrected chi connectivity index (χ2v) is 7.33. The van der Waals surface area contributed by atoms with Crippen molar-refractivity contribution in [1.29, 1.82) is 0 Å². The molecule has 3 aromatic rings. The molecule has 1 amide bonds. The van der Waals surface area contributed by atoms with Crippen LogP contribution in [0.3, 0.4) is 0 Å². The lowest BCUT2D eigenvalue weighted by Crippen LogP contribution is -2.43. The first-order chi connectivity index (χ1) is 11.3. The van der Waals surface area contributed by atoms with Crippen LogP contribution in [0, 0.1) is 6.92 Å². The molecule has 0 bridgehead atoms. The maximum Gasteiger partial charge on any atom is 0.268 e. The lowest BCUT2D eigenvalue weighted by molar-refractivity contribution is 0.0897. The van der Waals surface area contributed by atoms with Gasteiger partial charge in [-0.3, -0.25) is 9.48 Å². The molecule has 2 heterocycles. The van der Waals surface area contributed by atoms with Crippen molar-refractivity contribution >= 4 is 32.7 Å². The van der Waals surface area contributed by atoms with E-state index in [0.717, 1.165) is 32.9 Å². The van der Waals surface area contributed by atoms with Crippen LogP contribution in [0.15, 0.2) is 35.1 Å². The normalized spacial score (nSPS) is 13.9. The minimum atomic E-state index is -0.460. The van der Waals surface area contributed by atoms with Crippen molar-refractivity contribution in [3.8, 4) is 0 Å². The van der Waals surface area contributed by atoms with E-state index < -0.39 is 5.54 Å². The summed E-state index contributed by atoms with van der Waals surface area (Å²) in [5, 5.41) is 8.39. The summed E-state index contributed by atoms with van der Waals surface area (Å²) >= 11 is 3.50. The monoisotopic (exact) mass is 388 g/mol. The Kier molecular flexibility index (Phi) is 4.25. The molecule has 0 fully saturated rings. The number of amides is 1. The Balaban J connectivity index is 1.92. The molecule has 24 heavy (non-hydrogen) atoms. The zero-order valence-electron chi connectivity index (χ0n) is 14.3. The van der Waals surface area contributed by atoms with Crippen LogP contribution in [-0.4, -0.2) is 20.7 Å². The second kappa shape index (κ2) is 6.09. The summed E-state index contributed by atoms with van der Waals surface area (Å²) in [5.74, 6) is -0.116. The van der Waals surface area contributed by atoms with E-state index in [1.807, 2.05) is 45.3 Å². The first-order valence-corrected chi connectivity index (χ1v) is 8.72. The van der Waals surface area contributed by atoms with E-state index >= 15 is 0 Å². The van der Waals surface area contributed by atoms with Crippen molar-refractivity contribution in [1.82, 2.24) is 20.1 Å². The van der Waals surface area contributed by atoms with Gasteiger partial charge in [0.25, 0.3) is 5.91 Å². The van der Waals surface area contributed by atoms with Crippen molar-refractivity contribution in [2.24, 2.45) is 7.05 Å². The van der Waals surface area contributed by atoms with Gasteiger partial charge in [0, 0.05) is 34.2 Å². The summed E-state index contributed by atoms with van der Waals surface area (Å²) in [7, 11) is 1.87. The van der Waals surface area contributed by atoms with Gasteiger partial charge in [-0.25, -0.2) is 0 Å². The van der Waals surface area contributed by atoms with E-state index in [-0.39, 0.29) is 5.91 Å². The number of nitrogens with zero attached hydrogens (tertiary/aromatic N) is 2. The van der Waals surface area contributed by atoms with E-state index in [1.54, 1.807) is 10.9 Å². The molecule has 1 unspecified atom stereocenters. The van der Waals surface area contributed by atoms with Crippen LogP contribution >= 0.6 is 15.9 Å². The third-order valence-electron chi connectivity index (χ3n) is 4.57. The minimum Gasteiger partial charge on any atom is -0.350 e. The smallest absolute Gasteiger partial charge is 0.268 e. The molecule has 0 aliphatic carbocycles. The number of halogens is 1. The van der Waals surface area contributed by atoms with Gasteiger partial charge in [-0.1, -0.05) is 22.9 Å². The van der Waals surface area contributed by atoms with Crippen molar-refractivity contribution < 1.29 is 4.79 Å². The highest BCUT2D eigenvalue weighted by molar-refractivity contribution is 9.10. The number of aromatic nitrogens is 3. The first kappa shape index (κ1) is 16.8. The maximum atomic E-state index is 12.8. The lowest BCUT2D eigenvalue weighted by atomic mass is 9.91. The van der Waals surface area contributed by atoms with Crippen LogP contribution < -0.4 is 5.32 Å². The van der Waals surface area contributed by atoms with Gasteiger partial charge in [0.15, 0.2) is 0 Å². The number of aromatic amines is 1. The first-order valence-electron chi connectivity index (χ1n) is 7.93. The van der Waals surface area contributed by atoms with Crippen LogP contribution in [0.2, 0.25) is 0 Å². The third kappa shape index (κ3) is 2.98. The molecule has 5 nitrogen and oxygen atoms in total. The third-order valence-corrected chi connectivity index (χ3v) is 5.03. The standard InChI is InChI=1S/C18H21BrN4O/c1-5-18(3,13-9-20-23(4)10-13)22-17(24)15-8-12-7-14(19)6-11(2)16(12)21-15/h6-10,21H,5H2,1-4H3,(H,22,24). The van der Waals surface area contributed by atoms with E-state index in [9.17, 15) is 4.79 Å². The molecule has 3 rings (SSSR count). The Bertz CT molecular complexity index is 911. The molecule has 0 radical (unpaired) electrons. The summed E-state index contributed by atoms with van der Waals surface area (Å²) in [5.41, 5.74) is 3.19. The van der Waals surface area contributed by atoms with Gasteiger partial charge in [0.2, 0.25) is 0 Å². The fourth-order valence-electron chi connectivity index (χ4n) is 2.89. The van der Waals surface area contributed by atoms with Crippen molar-refractivity contribution in [3.05, 3.63) is 51.9 Å². The molecular weight excluding hydrogens is 368 g/mol. The highest BCUT2D eigenvalue weighted by atomic mass is 79.9. The van der Waals surface area contributed by atoms with Crippen LogP contribution in [-0.2, 0) is 12.6 Å². The summed E-state index contributed by atoms with van der Waals surface area (Å²) in [4.78, 5) is 16.0. The van der Waals surface area contributed by atoms with E-state index in [0.29, 0.717) is 5.69 Å². The molecule has 0 aliphatic heterocycles. The number of nitrogens with one attached hydrogen (secondary N) is 2. The average Bonchev–Trinajstić information content (AvgIpc) is 3.13. The molecule has 0 saturated heterocycles. The van der Waals surface area contributed by atoms with E-state index in [2.05, 4.69) is 38.3 Å². The van der Waals surface area contributed by atoms with Gasteiger partial charge in [-0.05, 0) is 44.0 Å². The Hall–Kier alpha value is -2.08. The molecule has 0 spiro atoms. The summed E-state index contributed by atoms with van der Waals surface area (Å²) in [6.07, 6.45) is 4.52. The maximum absolute atomic E-state index is 12.8. The Labute approximate surface area is 149 Å². The zero-order chi connectivity index (χ0) is 17.5. The molecule has 2 N–H and O–H groups in total.